The molecule has 1 saturated carbocycles. The van der Waals surface area contributed by atoms with Crippen LogP contribution < -0.4 is 0 Å². The highest BCUT2D eigenvalue weighted by Crippen LogP contribution is 2.32. The molecule has 29 heavy (non-hydrogen) atoms. The summed E-state index contributed by atoms with van der Waals surface area (Å²) in [6.45, 7) is 1.25. The minimum absolute atomic E-state index is 0.0774. The molecule has 11 heteroatoms. The van der Waals surface area contributed by atoms with Crippen molar-refractivity contribution in [3.8, 4) is 0 Å². The highest BCUT2D eigenvalue weighted by molar-refractivity contribution is 7.89. The van der Waals surface area contributed by atoms with Crippen LogP contribution in [0.4, 0.5) is 13.2 Å². The normalized spacial score (nSPS) is 20.9. The van der Waals surface area contributed by atoms with Crippen LogP contribution >= 0.6 is 0 Å². The van der Waals surface area contributed by atoms with E-state index in [-0.39, 0.29) is 25.0 Å². The summed E-state index contributed by atoms with van der Waals surface area (Å²) in [5, 5.41) is 0. The average Bonchev–Trinajstić information content (AvgIpc) is 2.65. The van der Waals surface area contributed by atoms with Gasteiger partial charge in [-0.25, -0.2) is 25.9 Å². The van der Waals surface area contributed by atoms with Crippen LogP contribution in [0.2, 0.25) is 0 Å². The van der Waals surface area contributed by atoms with Gasteiger partial charge < -0.3 is 0 Å². The van der Waals surface area contributed by atoms with Crippen molar-refractivity contribution in [2.45, 2.75) is 43.9 Å². The Bertz CT molecular complexity index is 943. The molecule has 0 unspecified atom stereocenters. The van der Waals surface area contributed by atoms with Crippen molar-refractivity contribution in [2.75, 3.05) is 26.5 Å². The second-order valence-corrected chi connectivity index (χ2v) is 11.3. The first kappa shape index (κ1) is 24.1. The lowest BCUT2D eigenvalue weighted by atomic mass is 9.81. The molecule has 1 aromatic rings. The van der Waals surface area contributed by atoms with Crippen LogP contribution in [-0.4, -0.2) is 47.6 Å². The Morgan fingerprint density at radius 2 is 1.59 bits per heavy atom. The molecule has 1 aromatic carbocycles. The van der Waals surface area contributed by atoms with Gasteiger partial charge in [-0.2, -0.15) is 8.42 Å². The van der Waals surface area contributed by atoms with E-state index in [1.165, 1.54) is 7.05 Å². The summed E-state index contributed by atoms with van der Waals surface area (Å²) in [4.78, 5) is -1.01. The predicted octanol–water partition coefficient (Wildman–Crippen LogP) is 3.21. The molecule has 0 atom stereocenters. The van der Waals surface area contributed by atoms with Gasteiger partial charge in [0, 0.05) is 19.2 Å². The van der Waals surface area contributed by atoms with Gasteiger partial charge in [0.05, 0.1) is 12.9 Å². The zero-order valence-electron chi connectivity index (χ0n) is 16.6. The van der Waals surface area contributed by atoms with Crippen LogP contribution in [0.3, 0.4) is 0 Å². The van der Waals surface area contributed by atoms with E-state index in [0.29, 0.717) is 12.5 Å². The van der Waals surface area contributed by atoms with E-state index in [9.17, 15) is 30.0 Å². The molecule has 6 nitrogen and oxygen atoms in total. The third kappa shape index (κ3) is 6.16. The summed E-state index contributed by atoms with van der Waals surface area (Å²) in [5.74, 6) is -3.85. The van der Waals surface area contributed by atoms with Gasteiger partial charge in [0.25, 0.3) is 10.1 Å². The van der Waals surface area contributed by atoms with E-state index >= 15 is 0 Å². The minimum Gasteiger partial charge on any atom is -0.270 e. The van der Waals surface area contributed by atoms with Gasteiger partial charge in [-0.1, -0.05) is 12.8 Å². The Morgan fingerprint density at radius 3 is 2.14 bits per heavy atom. The SMILES string of the molecule is Cc1c(F)cc(S(=O)(=O)N(C)CCC2CCC(COS(C)(=O)=O)CC2)c(F)c1F. The summed E-state index contributed by atoms with van der Waals surface area (Å²) in [5.41, 5.74) is -0.569. The lowest BCUT2D eigenvalue weighted by Crippen LogP contribution is -2.31. The number of nitrogens with zero attached hydrogens (tertiary/aromatic N) is 1. The van der Waals surface area contributed by atoms with Gasteiger partial charge in [-0.15, -0.1) is 0 Å². The third-order valence-corrected chi connectivity index (χ3v) is 7.80. The van der Waals surface area contributed by atoms with E-state index in [0.717, 1.165) is 43.2 Å². The first-order valence-corrected chi connectivity index (χ1v) is 12.5. The maximum Gasteiger partial charge on any atom is 0.264 e. The van der Waals surface area contributed by atoms with Crippen LogP contribution in [0.15, 0.2) is 11.0 Å². The van der Waals surface area contributed by atoms with Gasteiger partial charge in [0.2, 0.25) is 10.0 Å². The van der Waals surface area contributed by atoms with E-state index in [2.05, 4.69) is 0 Å². The number of rotatable bonds is 8. The van der Waals surface area contributed by atoms with Crippen LogP contribution in [0, 0.1) is 36.2 Å². The molecular weight excluding hydrogens is 431 g/mol. The van der Waals surface area contributed by atoms with Crippen molar-refractivity contribution < 1.29 is 34.2 Å². The molecule has 1 aliphatic rings. The predicted molar refractivity (Wildman–Crippen MR) is 102 cm³/mol. The lowest BCUT2D eigenvalue weighted by Gasteiger charge is -2.29. The van der Waals surface area contributed by atoms with E-state index in [1.54, 1.807) is 0 Å². The smallest absolute Gasteiger partial charge is 0.264 e. The molecule has 0 N–H and O–H groups in total. The van der Waals surface area contributed by atoms with Gasteiger partial charge in [-0.3, -0.25) is 4.18 Å². The van der Waals surface area contributed by atoms with Gasteiger partial charge >= 0.3 is 0 Å². The number of hydrogen-bond acceptors (Lipinski definition) is 5. The van der Waals surface area contributed by atoms with E-state index in [4.69, 9.17) is 4.18 Å². The quantitative estimate of drug-likeness (QED) is 0.442. The highest BCUT2D eigenvalue weighted by Gasteiger charge is 2.30. The molecule has 0 saturated heterocycles. The van der Waals surface area contributed by atoms with Gasteiger partial charge in [0.1, 0.15) is 10.7 Å². The molecule has 0 bridgehead atoms. The van der Waals surface area contributed by atoms with Crippen LogP contribution in [0.5, 0.6) is 0 Å². The maximum atomic E-state index is 14.1. The van der Waals surface area contributed by atoms with Crippen molar-refractivity contribution in [3.63, 3.8) is 0 Å². The van der Waals surface area contributed by atoms with E-state index in [1.807, 2.05) is 0 Å². The monoisotopic (exact) mass is 457 g/mol. The first-order chi connectivity index (χ1) is 13.3. The van der Waals surface area contributed by atoms with Crippen molar-refractivity contribution in [1.29, 1.82) is 0 Å². The molecule has 0 aliphatic heterocycles. The van der Waals surface area contributed by atoms with Crippen molar-refractivity contribution >= 4 is 20.1 Å². The standard InChI is InChI=1S/C18H26F3NO5S2/c1-12-15(19)10-16(18(21)17(12)20)29(25,26)22(2)9-8-13-4-6-14(7-5-13)11-27-28(3,23)24/h10,13-14H,4-9,11H2,1-3H3. The van der Waals surface area contributed by atoms with Gasteiger partial charge in [-0.05, 0) is 44.1 Å². The topological polar surface area (TPSA) is 80.8 Å². The molecule has 0 amide bonds. The van der Waals surface area contributed by atoms with Crippen LogP contribution in [0.1, 0.15) is 37.7 Å². The summed E-state index contributed by atoms with van der Waals surface area (Å²) in [6.07, 6.45) is 4.61. The van der Waals surface area contributed by atoms with Crippen LogP contribution in [-0.2, 0) is 24.3 Å². The summed E-state index contributed by atoms with van der Waals surface area (Å²) in [7, 11) is -6.60. The Hall–Kier alpha value is -1.17. The highest BCUT2D eigenvalue weighted by atomic mass is 32.2. The fourth-order valence-electron chi connectivity index (χ4n) is 3.41. The summed E-state index contributed by atoms with van der Waals surface area (Å²) < 4.78 is 94.5. The molecule has 1 fully saturated rings. The third-order valence-electron chi connectivity index (χ3n) is 5.38. The molecule has 1 aliphatic carbocycles. The number of hydrogen-bond donors (Lipinski definition) is 0. The molecule has 0 aromatic heterocycles. The molecule has 2 rings (SSSR count). The van der Waals surface area contributed by atoms with Crippen molar-refractivity contribution in [1.82, 2.24) is 4.31 Å². The minimum atomic E-state index is -4.38. The Kier molecular flexibility index (Phi) is 7.74. The Morgan fingerprint density at radius 1 is 1.03 bits per heavy atom. The summed E-state index contributed by atoms with van der Waals surface area (Å²) in [6, 6.07) is 0.507. The van der Waals surface area contributed by atoms with Gasteiger partial charge in [0.15, 0.2) is 11.6 Å². The lowest BCUT2D eigenvalue weighted by molar-refractivity contribution is 0.181. The maximum absolute atomic E-state index is 14.1. The molecular formula is C18H26F3NO5S2. The van der Waals surface area contributed by atoms with E-state index < -0.39 is 48.1 Å². The zero-order valence-corrected chi connectivity index (χ0v) is 18.3. The molecule has 0 radical (unpaired) electrons. The Balaban J connectivity index is 1.94. The van der Waals surface area contributed by atoms with Crippen molar-refractivity contribution in [3.05, 3.63) is 29.1 Å². The fourth-order valence-corrected chi connectivity index (χ4v) is 5.10. The average molecular weight is 458 g/mol. The number of sulfonamides is 1. The second-order valence-electron chi connectivity index (χ2n) is 7.60. The largest absolute Gasteiger partial charge is 0.270 e. The second kappa shape index (κ2) is 9.32. The molecule has 0 heterocycles. The number of benzene rings is 1. The number of halogens is 3. The molecule has 166 valence electrons. The van der Waals surface area contributed by atoms with Crippen molar-refractivity contribution in [2.24, 2.45) is 11.8 Å². The fraction of sp³-hybridized carbons (Fsp3) is 0.667. The molecule has 0 spiro atoms. The van der Waals surface area contributed by atoms with Crippen LogP contribution in [0.25, 0.3) is 0 Å². The first-order valence-electron chi connectivity index (χ1n) is 9.27. The summed E-state index contributed by atoms with van der Waals surface area (Å²) >= 11 is 0. The Labute approximate surface area is 170 Å². The zero-order chi connectivity index (χ0) is 22.0.